The molecule has 1 aromatic carbocycles. The number of rotatable bonds is 11. The van der Waals surface area contributed by atoms with Crippen molar-refractivity contribution in [2.45, 2.75) is 82.5 Å². The molecule has 2 N–H and O–H groups in total. The van der Waals surface area contributed by atoms with Crippen LogP contribution in [0.4, 0.5) is 13.2 Å². The monoisotopic (exact) mass is 467 g/mol. The van der Waals surface area contributed by atoms with E-state index in [0.717, 1.165) is 31.3 Å². The summed E-state index contributed by atoms with van der Waals surface area (Å²) in [5.74, 6) is 0.134. The maximum Gasteiger partial charge on any atom is 0.416 e. The highest BCUT2D eigenvalue weighted by molar-refractivity contribution is 5.79. The molecule has 4 nitrogen and oxygen atoms in total. The van der Waals surface area contributed by atoms with E-state index in [2.05, 4.69) is 4.90 Å². The molecule has 0 spiro atoms. The standard InChI is InChI=1S/C26H36F3NO3/c27-26(28,29)22-15-13-21(14-16-22)25(33)23(11-5-6-12-24(31)32)30(17-19-7-1-2-8-19)18-20-9-3-4-10-20/h6,12-16,19-20,23,25,33H,1-5,7-11,17-18H2,(H,31,32)/b12-6+/t23-,25+/m1/s1. The molecule has 0 amide bonds. The zero-order chi connectivity index (χ0) is 23.8. The summed E-state index contributed by atoms with van der Waals surface area (Å²) in [4.78, 5) is 13.2. The third-order valence-electron chi connectivity index (χ3n) is 7.24. The molecule has 0 aromatic heterocycles. The summed E-state index contributed by atoms with van der Waals surface area (Å²) in [6, 6.07) is 4.52. The van der Waals surface area contributed by atoms with Gasteiger partial charge in [-0.1, -0.05) is 43.9 Å². The normalized spacial score (nSPS) is 20.2. The van der Waals surface area contributed by atoms with Crippen molar-refractivity contribution in [1.29, 1.82) is 0 Å². The van der Waals surface area contributed by atoms with Crippen LogP contribution in [0.2, 0.25) is 0 Å². The molecule has 1 aromatic rings. The van der Waals surface area contributed by atoms with Crippen LogP contribution in [0.5, 0.6) is 0 Å². The van der Waals surface area contributed by atoms with E-state index < -0.39 is 23.8 Å². The lowest BCUT2D eigenvalue weighted by molar-refractivity contribution is -0.137. The number of aliphatic carboxylic acids is 1. The lowest BCUT2D eigenvalue weighted by Gasteiger charge is -2.38. The Bertz CT molecular complexity index is 748. The first kappa shape index (κ1) is 25.8. The minimum Gasteiger partial charge on any atom is -0.478 e. The van der Waals surface area contributed by atoms with Gasteiger partial charge in [-0.25, -0.2) is 4.79 Å². The molecule has 2 aliphatic rings. The van der Waals surface area contributed by atoms with Crippen LogP contribution < -0.4 is 0 Å². The summed E-state index contributed by atoms with van der Waals surface area (Å²) in [5.41, 5.74) is -0.258. The number of carbonyl (C=O) groups is 1. The second-order valence-electron chi connectivity index (χ2n) is 9.70. The van der Waals surface area contributed by atoms with Crippen LogP contribution in [-0.2, 0) is 11.0 Å². The van der Waals surface area contributed by atoms with Gasteiger partial charge < -0.3 is 10.2 Å². The zero-order valence-corrected chi connectivity index (χ0v) is 19.1. The Hall–Kier alpha value is -1.86. The molecule has 2 aliphatic carbocycles. The summed E-state index contributed by atoms with van der Waals surface area (Å²) < 4.78 is 39.0. The van der Waals surface area contributed by atoms with Gasteiger partial charge in [-0.3, -0.25) is 4.90 Å². The average Bonchev–Trinajstić information content (AvgIpc) is 3.47. The molecule has 0 unspecified atom stereocenters. The second kappa shape index (κ2) is 12.0. The molecule has 0 bridgehead atoms. The van der Waals surface area contributed by atoms with Crippen LogP contribution in [0.3, 0.4) is 0 Å². The van der Waals surface area contributed by atoms with Gasteiger partial charge in [-0.05, 0) is 68.1 Å². The van der Waals surface area contributed by atoms with Crippen LogP contribution in [0.1, 0.15) is 81.4 Å². The zero-order valence-electron chi connectivity index (χ0n) is 19.1. The SMILES string of the molecule is O=C(O)/C=C/CC[C@H]([C@@H](O)c1ccc(C(F)(F)F)cc1)N(CC1CCCC1)CC1CCCC1. The van der Waals surface area contributed by atoms with E-state index in [1.807, 2.05) is 0 Å². The van der Waals surface area contributed by atoms with E-state index in [0.29, 0.717) is 30.2 Å². The topological polar surface area (TPSA) is 60.8 Å². The summed E-state index contributed by atoms with van der Waals surface area (Å²) in [6.07, 6.45) is 7.94. The van der Waals surface area contributed by atoms with Crippen molar-refractivity contribution in [3.8, 4) is 0 Å². The third-order valence-corrected chi connectivity index (χ3v) is 7.24. The van der Waals surface area contributed by atoms with Crippen LogP contribution in [0, 0.1) is 11.8 Å². The van der Waals surface area contributed by atoms with E-state index in [1.165, 1.54) is 63.5 Å². The highest BCUT2D eigenvalue weighted by Gasteiger charge is 2.33. The van der Waals surface area contributed by atoms with Crippen molar-refractivity contribution in [3.63, 3.8) is 0 Å². The van der Waals surface area contributed by atoms with Crippen LogP contribution in [0.15, 0.2) is 36.4 Å². The lowest BCUT2D eigenvalue weighted by atomic mass is 9.93. The van der Waals surface area contributed by atoms with E-state index in [1.54, 1.807) is 6.08 Å². The molecule has 184 valence electrons. The lowest BCUT2D eigenvalue weighted by Crippen LogP contribution is -2.44. The number of allylic oxidation sites excluding steroid dienone is 1. The Morgan fingerprint density at radius 3 is 1.97 bits per heavy atom. The van der Waals surface area contributed by atoms with Gasteiger partial charge in [0.05, 0.1) is 11.7 Å². The van der Waals surface area contributed by atoms with Gasteiger partial charge in [0.1, 0.15) is 0 Å². The van der Waals surface area contributed by atoms with E-state index in [-0.39, 0.29) is 6.04 Å². The number of halogens is 3. The number of carboxylic acids is 1. The highest BCUT2D eigenvalue weighted by Crippen LogP contribution is 2.35. The smallest absolute Gasteiger partial charge is 0.416 e. The Labute approximate surface area is 194 Å². The number of aliphatic hydroxyl groups is 1. The van der Waals surface area contributed by atoms with E-state index >= 15 is 0 Å². The van der Waals surface area contributed by atoms with Crippen molar-refractivity contribution in [2.75, 3.05) is 13.1 Å². The predicted molar refractivity (Wildman–Crippen MR) is 122 cm³/mol. The minimum atomic E-state index is -4.42. The van der Waals surface area contributed by atoms with Crippen LogP contribution >= 0.6 is 0 Å². The minimum absolute atomic E-state index is 0.276. The highest BCUT2D eigenvalue weighted by atomic mass is 19.4. The fourth-order valence-electron chi connectivity index (χ4n) is 5.48. The fraction of sp³-hybridized carbons (Fsp3) is 0.654. The van der Waals surface area contributed by atoms with Crippen molar-refractivity contribution < 1.29 is 28.2 Å². The molecular formula is C26H36F3NO3. The third kappa shape index (κ3) is 7.85. The summed E-state index contributed by atoms with van der Waals surface area (Å²) in [7, 11) is 0. The van der Waals surface area contributed by atoms with E-state index in [4.69, 9.17) is 5.11 Å². The average molecular weight is 468 g/mol. The number of benzene rings is 1. The molecule has 3 rings (SSSR count). The number of aliphatic hydroxyl groups excluding tert-OH is 1. The summed E-state index contributed by atoms with van der Waals surface area (Å²) in [6.45, 7) is 1.75. The Morgan fingerprint density at radius 1 is 1.00 bits per heavy atom. The number of hydrogen-bond donors (Lipinski definition) is 2. The molecule has 33 heavy (non-hydrogen) atoms. The fourth-order valence-corrected chi connectivity index (χ4v) is 5.48. The molecule has 0 radical (unpaired) electrons. The number of alkyl halides is 3. The van der Waals surface area contributed by atoms with E-state index in [9.17, 15) is 23.1 Å². The van der Waals surface area contributed by atoms with Crippen molar-refractivity contribution in [3.05, 3.63) is 47.5 Å². The first-order valence-electron chi connectivity index (χ1n) is 12.2. The van der Waals surface area contributed by atoms with Gasteiger partial charge in [0, 0.05) is 25.2 Å². The first-order chi connectivity index (χ1) is 15.7. The molecule has 0 saturated heterocycles. The van der Waals surface area contributed by atoms with Gasteiger partial charge in [-0.15, -0.1) is 0 Å². The maximum absolute atomic E-state index is 13.0. The first-order valence-corrected chi connectivity index (χ1v) is 12.2. The summed E-state index contributed by atoms with van der Waals surface area (Å²) in [5, 5.41) is 20.2. The summed E-state index contributed by atoms with van der Waals surface area (Å²) >= 11 is 0. The molecule has 2 fully saturated rings. The number of carboxylic acid groups (broad SMARTS) is 1. The molecule has 2 saturated carbocycles. The number of hydrogen-bond acceptors (Lipinski definition) is 3. The molecule has 7 heteroatoms. The van der Waals surface area contributed by atoms with Crippen LogP contribution in [0.25, 0.3) is 0 Å². The van der Waals surface area contributed by atoms with Crippen molar-refractivity contribution in [1.82, 2.24) is 4.90 Å². The molecular weight excluding hydrogens is 431 g/mol. The Kier molecular flexibility index (Phi) is 9.38. The van der Waals surface area contributed by atoms with Crippen molar-refractivity contribution >= 4 is 5.97 Å². The van der Waals surface area contributed by atoms with Crippen molar-refractivity contribution in [2.24, 2.45) is 11.8 Å². The molecule has 0 heterocycles. The quantitative estimate of drug-likeness (QED) is 0.380. The molecule has 2 atom stereocenters. The molecule has 0 aliphatic heterocycles. The second-order valence-corrected chi connectivity index (χ2v) is 9.70. The number of nitrogens with zero attached hydrogens (tertiary/aromatic N) is 1. The van der Waals surface area contributed by atoms with Gasteiger partial charge in [0.25, 0.3) is 0 Å². The van der Waals surface area contributed by atoms with Gasteiger partial charge in [-0.2, -0.15) is 13.2 Å². The van der Waals surface area contributed by atoms with Gasteiger partial charge in [0.15, 0.2) is 0 Å². The van der Waals surface area contributed by atoms with Gasteiger partial charge >= 0.3 is 12.1 Å². The Balaban J connectivity index is 1.82. The maximum atomic E-state index is 13.0. The largest absolute Gasteiger partial charge is 0.478 e. The van der Waals surface area contributed by atoms with Gasteiger partial charge in [0.2, 0.25) is 0 Å². The Morgan fingerprint density at radius 2 is 1.52 bits per heavy atom. The predicted octanol–water partition coefficient (Wildman–Crippen LogP) is 6.21. The van der Waals surface area contributed by atoms with Crippen LogP contribution in [-0.4, -0.2) is 40.2 Å².